The van der Waals surface area contributed by atoms with E-state index in [-0.39, 0.29) is 12.0 Å². The Bertz CT molecular complexity index is 415. The Morgan fingerprint density at radius 3 is 2.74 bits per heavy atom. The van der Waals surface area contributed by atoms with Crippen molar-refractivity contribution in [1.29, 1.82) is 0 Å². The molecule has 19 heavy (non-hydrogen) atoms. The standard InChI is InChI=1S/C16H25NO2/c1-5-7-11-19-16(18)13(4)17-15-12(3)9-8-10-14(15)6-2/h8-10,13,17H,5-7,11H2,1-4H3. The van der Waals surface area contributed by atoms with E-state index in [0.29, 0.717) is 6.61 Å². The molecule has 0 radical (unpaired) electrons. The Hall–Kier alpha value is -1.51. The maximum atomic E-state index is 11.8. The van der Waals surface area contributed by atoms with Crippen molar-refractivity contribution in [3.05, 3.63) is 29.3 Å². The zero-order valence-electron chi connectivity index (χ0n) is 12.5. The van der Waals surface area contributed by atoms with E-state index in [1.165, 1.54) is 5.56 Å². The summed E-state index contributed by atoms with van der Waals surface area (Å²) in [7, 11) is 0. The summed E-state index contributed by atoms with van der Waals surface area (Å²) in [6, 6.07) is 5.87. The van der Waals surface area contributed by atoms with Crippen LogP contribution in [0.4, 0.5) is 5.69 Å². The largest absolute Gasteiger partial charge is 0.464 e. The molecule has 1 unspecified atom stereocenters. The van der Waals surface area contributed by atoms with Crippen molar-refractivity contribution < 1.29 is 9.53 Å². The van der Waals surface area contributed by atoms with Gasteiger partial charge in [0.2, 0.25) is 0 Å². The van der Waals surface area contributed by atoms with Gasteiger partial charge in [-0.3, -0.25) is 0 Å². The van der Waals surface area contributed by atoms with Crippen LogP contribution < -0.4 is 5.32 Å². The second-order valence-corrected chi connectivity index (χ2v) is 4.85. The normalized spacial score (nSPS) is 12.0. The zero-order valence-corrected chi connectivity index (χ0v) is 12.5. The predicted octanol–water partition coefficient (Wildman–Crippen LogP) is 3.70. The third-order valence-electron chi connectivity index (χ3n) is 3.20. The summed E-state index contributed by atoms with van der Waals surface area (Å²) in [5.41, 5.74) is 3.45. The summed E-state index contributed by atoms with van der Waals surface area (Å²) >= 11 is 0. The Labute approximate surface area is 116 Å². The number of ether oxygens (including phenoxy) is 1. The number of unbranched alkanes of at least 4 members (excludes halogenated alkanes) is 1. The van der Waals surface area contributed by atoms with E-state index in [9.17, 15) is 4.79 Å². The van der Waals surface area contributed by atoms with Crippen molar-refractivity contribution in [2.45, 2.75) is 53.0 Å². The number of hydrogen-bond acceptors (Lipinski definition) is 3. The molecule has 1 N–H and O–H groups in total. The summed E-state index contributed by atoms with van der Waals surface area (Å²) < 4.78 is 5.23. The summed E-state index contributed by atoms with van der Waals surface area (Å²) in [4.78, 5) is 11.8. The molecule has 0 spiro atoms. The van der Waals surface area contributed by atoms with Crippen LogP contribution in [0, 0.1) is 6.92 Å². The highest BCUT2D eigenvalue weighted by atomic mass is 16.5. The fourth-order valence-electron chi connectivity index (χ4n) is 1.95. The minimum Gasteiger partial charge on any atom is -0.464 e. The van der Waals surface area contributed by atoms with Crippen LogP contribution in [0.5, 0.6) is 0 Å². The van der Waals surface area contributed by atoms with E-state index in [1.54, 1.807) is 0 Å². The van der Waals surface area contributed by atoms with E-state index < -0.39 is 0 Å². The second kappa shape index (κ2) is 7.82. The highest BCUT2D eigenvalue weighted by Gasteiger charge is 2.16. The quantitative estimate of drug-likeness (QED) is 0.602. The smallest absolute Gasteiger partial charge is 0.328 e. The molecule has 0 aliphatic carbocycles. The van der Waals surface area contributed by atoms with Gasteiger partial charge in [-0.25, -0.2) is 4.79 Å². The van der Waals surface area contributed by atoms with Gasteiger partial charge >= 0.3 is 5.97 Å². The first kappa shape index (κ1) is 15.5. The number of carbonyl (C=O) groups is 1. The number of esters is 1. The van der Waals surface area contributed by atoms with Gasteiger partial charge in [0.15, 0.2) is 0 Å². The first-order chi connectivity index (χ1) is 9.10. The molecule has 1 rings (SSSR count). The molecule has 3 nitrogen and oxygen atoms in total. The Balaban J connectivity index is 2.66. The number of nitrogens with one attached hydrogen (secondary N) is 1. The van der Waals surface area contributed by atoms with Gasteiger partial charge in [-0.2, -0.15) is 0 Å². The van der Waals surface area contributed by atoms with Crippen molar-refractivity contribution in [2.75, 3.05) is 11.9 Å². The van der Waals surface area contributed by atoms with Crippen LogP contribution in [0.15, 0.2) is 18.2 Å². The number of para-hydroxylation sites is 1. The average molecular weight is 263 g/mol. The van der Waals surface area contributed by atoms with Crippen molar-refractivity contribution in [1.82, 2.24) is 0 Å². The maximum Gasteiger partial charge on any atom is 0.328 e. The van der Waals surface area contributed by atoms with Crippen molar-refractivity contribution in [2.24, 2.45) is 0 Å². The fourth-order valence-corrected chi connectivity index (χ4v) is 1.95. The predicted molar refractivity (Wildman–Crippen MR) is 79.5 cm³/mol. The number of benzene rings is 1. The fraction of sp³-hybridized carbons (Fsp3) is 0.562. The van der Waals surface area contributed by atoms with E-state index in [0.717, 1.165) is 30.5 Å². The van der Waals surface area contributed by atoms with Crippen LogP contribution in [0.25, 0.3) is 0 Å². The SMILES string of the molecule is CCCCOC(=O)C(C)Nc1c(C)cccc1CC. The third kappa shape index (κ3) is 4.58. The lowest BCUT2D eigenvalue weighted by Gasteiger charge is -2.18. The molecule has 0 saturated carbocycles. The number of aryl methyl sites for hydroxylation is 2. The van der Waals surface area contributed by atoms with Gasteiger partial charge in [0.25, 0.3) is 0 Å². The van der Waals surface area contributed by atoms with E-state index in [1.807, 2.05) is 13.0 Å². The maximum absolute atomic E-state index is 11.8. The molecule has 106 valence electrons. The van der Waals surface area contributed by atoms with Gasteiger partial charge in [0, 0.05) is 5.69 Å². The molecular formula is C16H25NO2. The van der Waals surface area contributed by atoms with Gasteiger partial charge in [-0.1, -0.05) is 38.5 Å². The number of anilines is 1. The molecule has 0 saturated heterocycles. The second-order valence-electron chi connectivity index (χ2n) is 4.85. The first-order valence-electron chi connectivity index (χ1n) is 7.11. The minimum absolute atomic E-state index is 0.182. The number of carbonyl (C=O) groups excluding carboxylic acids is 1. The molecule has 0 amide bonds. The van der Waals surface area contributed by atoms with Crippen molar-refractivity contribution in [3.8, 4) is 0 Å². The molecule has 0 bridgehead atoms. The Morgan fingerprint density at radius 1 is 1.37 bits per heavy atom. The van der Waals surface area contributed by atoms with Crippen molar-refractivity contribution in [3.63, 3.8) is 0 Å². The van der Waals surface area contributed by atoms with Crippen molar-refractivity contribution >= 4 is 11.7 Å². The number of rotatable bonds is 7. The molecule has 0 aliphatic rings. The monoisotopic (exact) mass is 263 g/mol. The Morgan fingerprint density at radius 2 is 2.11 bits per heavy atom. The molecule has 0 aliphatic heterocycles. The third-order valence-corrected chi connectivity index (χ3v) is 3.20. The Kier molecular flexibility index (Phi) is 6.40. The van der Waals surface area contributed by atoms with Gasteiger partial charge in [0.1, 0.15) is 6.04 Å². The summed E-state index contributed by atoms with van der Waals surface area (Å²) in [5.74, 6) is -0.182. The molecule has 3 heteroatoms. The van der Waals surface area contributed by atoms with Gasteiger partial charge < -0.3 is 10.1 Å². The molecule has 0 fully saturated rings. The van der Waals surface area contributed by atoms with Crippen LogP contribution in [-0.4, -0.2) is 18.6 Å². The van der Waals surface area contributed by atoms with Gasteiger partial charge in [0.05, 0.1) is 6.61 Å². The molecule has 0 aromatic heterocycles. The van der Waals surface area contributed by atoms with E-state index in [4.69, 9.17) is 4.74 Å². The lowest BCUT2D eigenvalue weighted by atomic mass is 10.1. The van der Waals surface area contributed by atoms with Crippen LogP contribution in [0.3, 0.4) is 0 Å². The zero-order chi connectivity index (χ0) is 14.3. The highest BCUT2D eigenvalue weighted by Crippen LogP contribution is 2.22. The average Bonchev–Trinajstić information content (AvgIpc) is 2.41. The molecular weight excluding hydrogens is 238 g/mol. The van der Waals surface area contributed by atoms with Gasteiger partial charge in [-0.05, 0) is 37.8 Å². The van der Waals surface area contributed by atoms with Crippen LogP contribution in [-0.2, 0) is 16.0 Å². The molecule has 0 heterocycles. The van der Waals surface area contributed by atoms with E-state index in [2.05, 4.69) is 38.2 Å². The summed E-state index contributed by atoms with van der Waals surface area (Å²) in [6.07, 6.45) is 2.90. The molecule has 1 atom stereocenters. The van der Waals surface area contributed by atoms with Crippen LogP contribution in [0.1, 0.15) is 44.7 Å². The number of hydrogen-bond donors (Lipinski definition) is 1. The van der Waals surface area contributed by atoms with Crippen LogP contribution >= 0.6 is 0 Å². The summed E-state index contributed by atoms with van der Waals surface area (Å²) in [6.45, 7) is 8.60. The lowest BCUT2D eigenvalue weighted by molar-refractivity contribution is -0.144. The summed E-state index contributed by atoms with van der Waals surface area (Å²) in [5, 5.41) is 3.28. The molecule has 1 aromatic rings. The molecule has 1 aromatic carbocycles. The topological polar surface area (TPSA) is 38.3 Å². The minimum atomic E-state index is -0.316. The first-order valence-corrected chi connectivity index (χ1v) is 7.11. The van der Waals surface area contributed by atoms with Gasteiger partial charge in [-0.15, -0.1) is 0 Å². The lowest BCUT2D eigenvalue weighted by Crippen LogP contribution is -2.29. The van der Waals surface area contributed by atoms with Crippen LogP contribution in [0.2, 0.25) is 0 Å². The highest BCUT2D eigenvalue weighted by molar-refractivity contribution is 5.79. The van der Waals surface area contributed by atoms with E-state index >= 15 is 0 Å².